The van der Waals surface area contributed by atoms with Gasteiger partial charge < -0.3 is 0 Å². The summed E-state index contributed by atoms with van der Waals surface area (Å²) in [4.78, 5) is 35.9. The second kappa shape index (κ2) is 8.69. The van der Waals surface area contributed by atoms with E-state index in [2.05, 4.69) is 10.2 Å². The number of aryl methyl sites for hydroxylation is 2. The van der Waals surface area contributed by atoms with Crippen LogP contribution in [0.15, 0.2) is 48.5 Å². The van der Waals surface area contributed by atoms with Crippen LogP contribution in [0, 0.1) is 20.2 Å². The van der Waals surface area contributed by atoms with E-state index in [1.165, 1.54) is 47.7 Å². The Balaban J connectivity index is 1.92. The zero-order valence-corrected chi connectivity index (χ0v) is 19.1. The summed E-state index contributed by atoms with van der Waals surface area (Å²) in [7, 11) is 2.86. The van der Waals surface area contributed by atoms with E-state index in [1.807, 2.05) is 0 Å². The number of halogens is 2. The van der Waals surface area contributed by atoms with Crippen molar-refractivity contribution in [3.05, 3.63) is 90.2 Å². The maximum absolute atomic E-state index is 13.4. The molecule has 0 spiro atoms. The molecule has 2 aromatic heterocycles. The average Bonchev–Trinajstić information content (AvgIpc) is 3.32. The van der Waals surface area contributed by atoms with Crippen molar-refractivity contribution in [1.29, 1.82) is 0 Å². The SMILES string of the molecule is Cn1nc(C(=O)c2nn(C)c(-c3ccc(Cl)cc3)c2[N+](=O)[O-])c([N+](=O)[O-])c1-c1ccc(Cl)cc1. The second-order valence-electron chi connectivity index (χ2n) is 7.20. The minimum atomic E-state index is -1.05. The Bertz CT molecular complexity index is 1350. The van der Waals surface area contributed by atoms with Crippen molar-refractivity contribution in [1.82, 2.24) is 19.6 Å². The van der Waals surface area contributed by atoms with Crippen LogP contribution >= 0.6 is 23.2 Å². The number of nitrogens with zero attached hydrogens (tertiary/aromatic N) is 6. The molecule has 0 unspecified atom stereocenters. The van der Waals surface area contributed by atoms with Crippen molar-refractivity contribution in [3.8, 4) is 22.5 Å². The molecule has 11 nitrogen and oxygen atoms in total. The smallest absolute Gasteiger partial charge is 0.284 e. The Labute approximate surface area is 201 Å². The molecular formula is C21H14Cl2N6O5. The molecule has 0 bridgehead atoms. The lowest BCUT2D eigenvalue weighted by Gasteiger charge is -2.02. The quantitative estimate of drug-likeness (QED) is 0.209. The maximum Gasteiger partial charge on any atom is 0.326 e. The zero-order valence-electron chi connectivity index (χ0n) is 17.6. The van der Waals surface area contributed by atoms with Crippen LogP contribution in [0.5, 0.6) is 0 Å². The maximum atomic E-state index is 13.4. The number of rotatable bonds is 6. The predicted octanol–water partition coefficient (Wildman–Crippen LogP) is 4.84. The van der Waals surface area contributed by atoms with Crippen LogP contribution in [-0.4, -0.2) is 35.2 Å². The molecule has 0 atom stereocenters. The van der Waals surface area contributed by atoms with Gasteiger partial charge in [0, 0.05) is 35.3 Å². The summed E-state index contributed by atoms with van der Waals surface area (Å²) in [6, 6.07) is 12.3. The van der Waals surface area contributed by atoms with Gasteiger partial charge >= 0.3 is 11.4 Å². The van der Waals surface area contributed by atoms with E-state index in [0.717, 1.165) is 0 Å². The molecule has 0 aliphatic heterocycles. The third-order valence-electron chi connectivity index (χ3n) is 5.08. The summed E-state index contributed by atoms with van der Waals surface area (Å²) >= 11 is 11.8. The Morgan fingerprint density at radius 1 is 0.735 bits per heavy atom. The number of hydrogen-bond donors (Lipinski definition) is 0. The highest BCUT2D eigenvalue weighted by Gasteiger charge is 2.39. The number of hydrogen-bond acceptors (Lipinski definition) is 7. The van der Waals surface area contributed by atoms with E-state index in [4.69, 9.17) is 23.2 Å². The Hall–Kier alpha value is -4.09. The Morgan fingerprint density at radius 2 is 1.06 bits per heavy atom. The highest BCUT2D eigenvalue weighted by molar-refractivity contribution is 6.31. The molecule has 0 amide bonds. The van der Waals surface area contributed by atoms with Crippen LogP contribution in [0.2, 0.25) is 10.0 Å². The molecular weight excluding hydrogens is 487 g/mol. The Kier molecular flexibility index (Phi) is 5.90. The fourth-order valence-electron chi connectivity index (χ4n) is 3.65. The predicted molar refractivity (Wildman–Crippen MR) is 124 cm³/mol. The van der Waals surface area contributed by atoms with E-state index < -0.39 is 38.4 Å². The summed E-state index contributed by atoms with van der Waals surface area (Å²) in [5.41, 5.74) is -1.46. The molecule has 0 N–H and O–H groups in total. The van der Waals surface area contributed by atoms with Crippen molar-refractivity contribution in [2.45, 2.75) is 0 Å². The van der Waals surface area contributed by atoms with Crippen molar-refractivity contribution < 1.29 is 14.6 Å². The van der Waals surface area contributed by atoms with Gasteiger partial charge in [-0.1, -0.05) is 47.5 Å². The lowest BCUT2D eigenvalue weighted by Crippen LogP contribution is -2.09. The lowest BCUT2D eigenvalue weighted by atomic mass is 10.1. The van der Waals surface area contributed by atoms with Crippen molar-refractivity contribution in [2.75, 3.05) is 0 Å². The van der Waals surface area contributed by atoms with Gasteiger partial charge in [-0.05, 0) is 24.3 Å². The van der Waals surface area contributed by atoms with Crippen LogP contribution in [0.3, 0.4) is 0 Å². The van der Waals surface area contributed by atoms with E-state index in [-0.39, 0.29) is 11.4 Å². The first-order valence-electron chi connectivity index (χ1n) is 9.59. The third kappa shape index (κ3) is 3.91. The van der Waals surface area contributed by atoms with Gasteiger partial charge in [-0.3, -0.25) is 34.4 Å². The van der Waals surface area contributed by atoms with Gasteiger partial charge in [-0.2, -0.15) is 10.2 Å². The number of carbonyl (C=O) groups excluding carboxylic acids is 1. The van der Waals surface area contributed by atoms with Gasteiger partial charge in [0.15, 0.2) is 0 Å². The van der Waals surface area contributed by atoms with Gasteiger partial charge in [0.05, 0.1) is 9.85 Å². The highest BCUT2D eigenvalue weighted by Crippen LogP contribution is 2.38. The van der Waals surface area contributed by atoms with Crippen molar-refractivity contribution in [2.24, 2.45) is 14.1 Å². The molecule has 0 aliphatic carbocycles. The summed E-state index contributed by atoms with van der Waals surface area (Å²) in [5, 5.41) is 32.9. The van der Waals surface area contributed by atoms with Crippen LogP contribution in [-0.2, 0) is 14.1 Å². The number of nitro groups is 2. The fraction of sp³-hybridized carbons (Fsp3) is 0.0952. The van der Waals surface area contributed by atoms with E-state index in [9.17, 15) is 25.0 Å². The number of benzene rings is 2. The molecule has 0 saturated heterocycles. The third-order valence-corrected chi connectivity index (χ3v) is 5.58. The molecule has 2 aromatic carbocycles. The molecule has 4 aromatic rings. The molecule has 172 valence electrons. The first kappa shape index (κ1) is 23.1. The number of aromatic nitrogens is 4. The average molecular weight is 501 g/mol. The number of carbonyl (C=O) groups is 1. The minimum absolute atomic E-state index is 0.0431. The summed E-state index contributed by atoms with van der Waals surface area (Å²) in [6.07, 6.45) is 0. The fourth-order valence-corrected chi connectivity index (χ4v) is 3.90. The number of ketones is 1. The van der Waals surface area contributed by atoms with E-state index >= 15 is 0 Å². The molecule has 34 heavy (non-hydrogen) atoms. The van der Waals surface area contributed by atoms with Gasteiger partial charge in [0.2, 0.25) is 17.2 Å². The van der Waals surface area contributed by atoms with E-state index in [1.54, 1.807) is 24.3 Å². The van der Waals surface area contributed by atoms with Crippen molar-refractivity contribution in [3.63, 3.8) is 0 Å². The second-order valence-corrected chi connectivity index (χ2v) is 8.07. The standard InChI is InChI=1S/C21H14Cl2N6O5/c1-26-17(11-3-7-13(22)8-4-11)19(28(31)32)15(24-26)21(30)16-20(29(33)34)18(27(2)25-16)12-5-9-14(23)10-6-12/h3-10H,1-2H3. The van der Waals surface area contributed by atoms with Crippen molar-refractivity contribution >= 4 is 40.4 Å². The lowest BCUT2D eigenvalue weighted by molar-refractivity contribution is -0.384. The minimum Gasteiger partial charge on any atom is -0.284 e. The molecule has 0 radical (unpaired) electrons. The highest BCUT2D eigenvalue weighted by atomic mass is 35.5. The zero-order chi connectivity index (χ0) is 24.7. The summed E-state index contributed by atoms with van der Waals surface area (Å²) < 4.78 is 2.34. The summed E-state index contributed by atoms with van der Waals surface area (Å²) in [5.74, 6) is -1.05. The normalized spacial score (nSPS) is 10.9. The van der Waals surface area contributed by atoms with Gasteiger partial charge in [0.25, 0.3) is 0 Å². The largest absolute Gasteiger partial charge is 0.326 e. The van der Waals surface area contributed by atoms with Crippen LogP contribution in [0.4, 0.5) is 11.4 Å². The van der Waals surface area contributed by atoms with Gasteiger partial charge in [-0.15, -0.1) is 0 Å². The molecule has 0 saturated carbocycles. The molecule has 0 fully saturated rings. The van der Waals surface area contributed by atoms with Gasteiger partial charge in [-0.25, -0.2) is 0 Å². The summed E-state index contributed by atoms with van der Waals surface area (Å²) in [6.45, 7) is 0. The van der Waals surface area contributed by atoms with Crippen LogP contribution in [0.1, 0.15) is 16.2 Å². The van der Waals surface area contributed by atoms with Crippen LogP contribution < -0.4 is 0 Å². The molecule has 0 aliphatic rings. The molecule has 13 heteroatoms. The van der Waals surface area contributed by atoms with Crippen LogP contribution in [0.25, 0.3) is 22.5 Å². The Morgan fingerprint density at radius 3 is 1.35 bits per heavy atom. The first-order valence-corrected chi connectivity index (χ1v) is 10.3. The first-order chi connectivity index (χ1) is 16.1. The molecule has 4 rings (SSSR count). The topological polar surface area (TPSA) is 139 Å². The monoisotopic (exact) mass is 500 g/mol. The molecule has 2 heterocycles. The van der Waals surface area contributed by atoms with E-state index in [0.29, 0.717) is 21.2 Å². The van der Waals surface area contributed by atoms with Gasteiger partial charge in [0.1, 0.15) is 11.4 Å².